The van der Waals surface area contributed by atoms with Crippen molar-refractivity contribution in [2.45, 2.75) is 33.2 Å². The van der Waals surface area contributed by atoms with Crippen LogP contribution in [0.25, 0.3) is 0 Å². The molecular weight excluding hydrogens is 324 g/mol. The number of carbonyl (C=O) groups is 2. The topological polar surface area (TPSA) is 40.6 Å². The van der Waals surface area contributed by atoms with Crippen molar-refractivity contribution < 1.29 is 9.59 Å². The first-order valence-electron chi connectivity index (χ1n) is 9.26. The lowest BCUT2D eigenvalue weighted by molar-refractivity contribution is -0.136. The average Bonchev–Trinajstić information content (AvgIpc) is 3.04. The van der Waals surface area contributed by atoms with Gasteiger partial charge in [-0.05, 0) is 48.6 Å². The van der Waals surface area contributed by atoms with Gasteiger partial charge in [0, 0.05) is 31.7 Å². The molecule has 2 heterocycles. The Balaban J connectivity index is 1.50. The number of amides is 2. The summed E-state index contributed by atoms with van der Waals surface area (Å²) in [5, 5.41) is 0. The van der Waals surface area contributed by atoms with Gasteiger partial charge in [-0.1, -0.05) is 36.4 Å². The molecule has 2 aromatic carbocycles. The third kappa shape index (κ3) is 2.90. The van der Waals surface area contributed by atoms with Crippen LogP contribution < -0.4 is 4.90 Å². The predicted molar refractivity (Wildman–Crippen MR) is 102 cm³/mol. The zero-order chi connectivity index (χ0) is 18.3. The molecule has 0 radical (unpaired) electrons. The van der Waals surface area contributed by atoms with E-state index in [0.717, 1.165) is 29.8 Å². The molecule has 0 aliphatic carbocycles. The van der Waals surface area contributed by atoms with Crippen LogP contribution in [0.15, 0.2) is 42.5 Å². The number of rotatable bonds is 2. The average molecular weight is 348 g/mol. The number of aryl methyl sites for hydroxylation is 1. The van der Waals surface area contributed by atoms with Crippen molar-refractivity contribution in [3.05, 3.63) is 64.7 Å². The maximum atomic E-state index is 13.0. The highest BCUT2D eigenvalue weighted by Crippen LogP contribution is 2.31. The molecule has 26 heavy (non-hydrogen) atoms. The maximum absolute atomic E-state index is 13.0. The lowest BCUT2D eigenvalue weighted by Crippen LogP contribution is -2.40. The zero-order valence-corrected chi connectivity index (χ0v) is 15.4. The Morgan fingerprint density at radius 2 is 1.81 bits per heavy atom. The van der Waals surface area contributed by atoms with Gasteiger partial charge in [0.2, 0.25) is 11.8 Å². The number of benzene rings is 2. The van der Waals surface area contributed by atoms with Gasteiger partial charge in [0.1, 0.15) is 0 Å². The molecule has 0 saturated carbocycles. The minimum absolute atomic E-state index is 0.0504. The van der Waals surface area contributed by atoms with Crippen LogP contribution in [0.4, 0.5) is 5.69 Å². The van der Waals surface area contributed by atoms with Crippen LogP contribution >= 0.6 is 0 Å². The van der Waals surface area contributed by atoms with E-state index in [1.54, 1.807) is 4.90 Å². The van der Waals surface area contributed by atoms with E-state index in [-0.39, 0.29) is 17.7 Å². The number of hydrogen-bond donors (Lipinski definition) is 0. The highest BCUT2D eigenvalue weighted by molar-refractivity contribution is 6.01. The Bertz CT molecular complexity index is 874. The van der Waals surface area contributed by atoms with Crippen molar-refractivity contribution in [1.82, 2.24) is 4.90 Å². The predicted octanol–water partition coefficient (Wildman–Crippen LogP) is 3.24. The summed E-state index contributed by atoms with van der Waals surface area (Å²) in [5.74, 6) is -0.0807. The van der Waals surface area contributed by atoms with Crippen molar-refractivity contribution in [3.8, 4) is 0 Å². The largest absolute Gasteiger partial charge is 0.338 e. The highest BCUT2D eigenvalue weighted by Gasteiger charge is 2.38. The monoisotopic (exact) mass is 348 g/mol. The lowest BCUT2D eigenvalue weighted by atomic mass is 9.98. The molecule has 4 nitrogen and oxygen atoms in total. The molecule has 0 bridgehead atoms. The van der Waals surface area contributed by atoms with Gasteiger partial charge in [-0.25, -0.2) is 0 Å². The summed E-state index contributed by atoms with van der Waals surface area (Å²) < 4.78 is 0. The molecule has 2 aromatic rings. The number of carbonyl (C=O) groups excluding carboxylic acids is 2. The van der Waals surface area contributed by atoms with E-state index in [0.29, 0.717) is 19.5 Å². The van der Waals surface area contributed by atoms with Gasteiger partial charge >= 0.3 is 0 Å². The Hall–Kier alpha value is -2.62. The van der Waals surface area contributed by atoms with Crippen LogP contribution in [-0.4, -0.2) is 29.8 Å². The zero-order valence-electron chi connectivity index (χ0n) is 15.4. The second-order valence-electron chi connectivity index (χ2n) is 7.40. The minimum atomic E-state index is -0.243. The van der Waals surface area contributed by atoms with Crippen molar-refractivity contribution in [2.75, 3.05) is 18.0 Å². The summed E-state index contributed by atoms with van der Waals surface area (Å²) in [6.45, 7) is 5.97. The summed E-state index contributed by atoms with van der Waals surface area (Å²) >= 11 is 0. The molecule has 0 aromatic heterocycles. The van der Waals surface area contributed by atoms with Gasteiger partial charge in [0.25, 0.3) is 0 Å². The van der Waals surface area contributed by atoms with Gasteiger partial charge in [-0.15, -0.1) is 0 Å². The number of fused-ring (bicyclic) bond motifs is 1. The SMILES string of the molecule is Cc1cccc(N2CC(C(=O)N3CCc4ccccc4C3)CC2=O)c1C. The summed E-state index contributed by atoms with van der Waals surface area (Å²) in [6, 6.07) is 14.3. The van der Waals surface area contributed by atoms with E-state index in [1.807, 2.05) is 49.1 Å². The number of anilines is 1. The molecule has 0 N–H and O–H groups in total. The molecule has 2 aliphatic heterocycles. The number of hydrogen-bond acceptors (Lipinski definition) is 2. The number of nitrogens with zero attached hydrogens (tertiary/aromatic N) is 2. The molecule has 4 heteroatoms. The Morgan fingerprint density at radius 1 is 1.04 bits per heavy atom. The van der Waals surface area contributed by atoms with Crippen LogP contribution in [0.1, 0.15) is 28.7 Å². The highest BCUT2D eigenvalue weighted by atomic mass is 16.2. The molecule has 2 aliphatic rings. The van der Waals surface area contributed by atoms with Gasteiger partial charge in [0.05, 0.1) is 5.92 Å². The first-order valence-corrected chi connectivity index (χ1v) is 9.26. The Kier molecular flexibility index (Phi) is 4.27. The summed E-state index contributed by atoms with van der Waals surface area (Å²) in [7, 11) is 0. The lowest BCUT2D eigenvalue weighted by Gasteiger charge is -2.30. The fourth-order valence-electron chi connectivity index (χ4n) is 4.08. The molecule has 1 fully saturated rings. The van der Waals surface area contributed by atoms with Crippen LogP contribution in [0.5, 0.6) is 0 Å². The van der Waals surface area contributed by atoms with E-state index in [1.165, 1.54) is 11.1 Å². The molecule has 2 amide bonds. The molecule has 0 spiro atoms. The summed E-state index contributed by atoms with van der Waals surface area (Å²) in [4.78, 5) is 29.3. The fraction of sp³-hybridized carbons (Fsp3) is 0.364. The smallest absolute Gasteiger partial charge is 0.228 e. The van der Waals surface area contributed by atoms with E-state index in [2.05, 4.69) is 12.1 Å². The van der Waals surface area contributed by atoms with Gasteiger partial charge in [0.15, 0.2) is 0 Å². The quantitative estimate of drug-likeness (QED) is 0.836. The molecule has 1 unspecified atom stereocenters. The van der Waals surface area contributed by atoms with Crippen molar-refractivity contribution in [3.63, 3.8) is 0 Å². The third-order valence-corrected chi connectivity index (χ3v) is 5.78. The van der Waals surface area contributed by atoms with E-state index < -0.39 is 0 Å². The summed E-state index contributed by atoms with van der Waals surface area (Å²) in [5.41, 5.74) is 5.77. The second kappa shape index (κ2) is 6.60. The molecular formula is C22H24N2O2. The first kappa shape index (κ1) is 16.8. The summed E-state index contributed by atoms with van der Waals surface area (Å²) in [6.07, 6.45) is 1.20. The van der Waals surface area contributed by atoms with Gasteiger partial charge in [-0.2, -0.15) is 0 Å². The maximum Gasteiger partial charge on any atom is 0.228 e. The van der Waals surface area contributed by atoms with Crippen molar-refractivity contribution in [2.24, 2.45) is 5.92 Å². The van der Waals surface area contributed by atoms with Crippen LogP contribution in [-0.2, 0) is 22.6 Å². The third-order valence-electron chi connectivity index (χ3n) is 5.78. The van der Waals surface area contributed by atoms with Crippen LogP contribution in [0.2, 0.25) is 0 Å². The van der Waals surface area contributed by atoms with E-state index in [9.17, 15) is 9.59 Å². The molecule has 134 valence electrons. The Morgan fingerprint density at radius 3 is 2.62 bits per heavy atom. The minimum Gasteiger partial charge on any atom is -0.338 e. The second-order valence-corrected chi connectivity index (χ2v) is 7.40. The standard InChI is InChI=1S/C22H24N2O2/c1-15-6-5-9-20(16(15)2)24-14-19(12-21(24)25)22(26)23-11-10-17-7-3-4-8-18(17)13-23/h3-9,19H,10-14H2,1-2H3. The Labute approximate surface area is 154 Å². The molecule has 1 atom stereocenters. The van der Waals surface area contributed by atoms with Crippen molar-refractivity contribution in [1.29, 1.82) is 0 Å². The van der Waals surface area contributed by atoms with Crippen LogP contribution in [0, 0.1) is 19.8 Å². The first-order chi connectivity index (χ1) is 12.5. The van der Waals surface area contributed by atoms with Crippen LogP contribution in [0.3, 0.4) is 0 Å². The molecule has 1 saturated heterocycles. The van der Waals surface area contributed by atoms with Gasteiger partial charge < -0.3 is 9.80 Å². The van der Waals surface area contributed by atoms with Gasteiger partial charge in [-0.3, -0.25) is 9.59 Å². The van der Waals surface area contributed by atoms with E-state index in [4.69, 9.17) is 0 Å². The fourth-order valence-corrected chi connectivity index (χ4v) is 4.08. The van der Waals surface area contributed by atoms with E-state index >= 15 is 0 Å². The van der Waals surface area contributed by atoms with Crippen molar-refractivity contribution >= 4 is 17.5 Å². The normalized spacial score (nSPS) is 19.6. The molecule has 4 rings (SSSR count).